The number of aromatic amines is 1. The third-order valence-electron chi connectivity index (χ3n) is 4.07. The first-order valence-electron chi connectivity index (χ1n) is 7.42. The van der Waals surface area contributed by atoms with Gasteiger partial charge in [-0.15, -0.1) is 0 Å². The highest BCUT2D eigenvalue weighted by Crippen LogP contribution is 2.23. The van der Waals surface area contributed by atoms with Gasteiger partial charge in [-0.25, -0.2) is 0 Å². The molecule has 1 aromatic carbocycles. The number of fused-ring (bicyclic) bond motifs is 1. The predicted octanol–water partition coefficient (Wildman–Crippen LogP) is 3.30. The molecule has 0 saturated heterocycles. The number of halogens is 1. The molecule has 1 aromatic heterocycles. The number of aryl methyl sites for hydroxylation is 1. The fourth-order valence-electron chi connectivity index (χ4n) is 2.85. The summed E-state index contributed by atoms with van der Waals surface area (Å²) in [4.78, 5) is 17.7. The number of methoxy groups -OCH3 is 1. The van der Waals surface area contributed by atoms with Gasteiger partial charge < -0.3 is 14.6 Å². The SMILES string of the molecule is COc1cccc(CCC(=O)N2CCc3[nH]c(Br)cc3C2)c1. The Bertz CT molecular complexity index is 681. The number of nitrogens with one attached hydrogen (secondary N) is 1. The zero-order chi connectivity index (χ0) is 15.5. The molecule has 116 valence electrons. The van der Waals surface area contributed by atoms with Crippen LogP contribution in [0.15, 0.2) is 34.9 Å². The van der Waals surface area contributed by atoms with Gasteiger partial charge in [0.1, 0.15) is 5.75 Å². The molecule has 2 heterocycles. The minimum Gasteiger partial charge on any atom is -0.497 e. The van der Waals surface area contributed by atoms with Crippen LogP contribution in [-0.2, 0) is 24.2 Å². The standard InChI is InChI=1S/C17H19BrN2O2/c1-22-14-4-2-3-12(9-14)5-6-17(21)20-8-7-15-13(11-20)10-16(18)19-15/h2-4,9-10,19H,5-8,11H2,1H3. The Morgan fingerprint density at radius 3 is 3.09 bits per heavy atom. The smallest absolute Gasteiger partial charge is 0.223 e. The Kier molecular flexibility index (Phi) is 4.52. The molecule has 0 radical (unpaired) electrons. The van der Waals surface area contributed by atoms with Crippen molar-refractivity contribution in [1.29, 1.82) is 0 Å². The first-order valence-corrected chi connectivity index (χ1v) is 8.22. The second-order valence-electron chi connectivity index (χ2n) is 5.54. The van der Waals surface area contributed by atoms with Gasteiger partial charge in [-0.3, -0.25) is 4.79 Å². The molecule has 0 unspecified atom stereocenters. The molecule has 0 saturated carbocycles. The van der Waals surface area contributed by atoms with Crippen LogP contribution in [-0.4, -0.2) is 29.4 Å². The van der Waals surface area contributed by atoms with E-state index in [1.165, 1.54) is 11.3 Å². The predicted molar refractivity (Wildman–Crippen MR) is 88.9 cm³/mol. The maximum absolute atomic E-state index is 12.4. The molecule has 2 aromatic rings. The van der Waals surface area contributed by atoms with Crippen molar-refractivity contribution >= 4 is 21.8 Å². The van der Waals surface area contributed by atoms with Crippen molar-refractivity contribution < 1.29 is 9.53 Å². The molecule has 0 aliphatic carbocycles. The Labute approximate surface area is 138 Å². The lowest BCUT2D eigenvalue weighted by Crippen LogP contribution is -2.35. The molecule has 1 aliphatic rings. The minimum absolute atomic E-state index is 0.214. The Hall–Kier alpha value is -1.75. The maximum atomic E-state index is 12.4. The molecule has 0 spiro atoms. The monoisotopic (exact) mass is 362 g/mol. The summed E-state index contributed by atoms with van der Waals surface area (Å²) in [5, 5.41) is 0. The highest BCUT2D eigenvalue weighted by atomic mass is 79.9. The zero-order valence-electron chi connectivity index (χ0n) is 12.6. The summed E-state index contributed by atoms with van der Waals surface area (Å²) in [6, 6.07) is 9.97. The summed E-state index contributed by atoms with van der Waals surface area (Å²) in [6.45, 7) is 1.49. The average Bonchev–Trinajstić information content (AvgIpc) is 2.91. The molecule has 0 atom stereocenters. The van der Waals surface area contributed by atoms with Gasteiger partial charge in [0.2, 0.25) is 5.91 Å². The maximum Gasteiger partial charge on any atom is 0.223 e. The van der Waals surface area contributed by atoms with Crippen molar-refractivity contribution in [2.24, 2.45) is 0 Å². The van der Waals surface area contributed by atoms with E-state index in [4.69, 9.17) is 4.74 Å². The molecular formula is C17H19BrN2O2. The number of aromatic nitrogens is 1. The van der Waals surface area contributed by atoms with Crippen LogP contribution < -0.4 is 4.74 Å². The number of carbonyl (C=O) groups is 1. The topological polar surface area (TPSA) is 45.3 Å². The molecule has 1 N–H and O–H groups in total. The molecular weight excluding hydrogens is 344 g/mol. The second kappa shape index (κ2) is 6.57. The average molecular weight is 363 g/mol. The molecule has 1 aliphatic heterocycles. The summed E-state index contributed by atoms with van der Waals surface area (Å²) >= 11 is 3.45. The summed E-state index contributed by atoms with van der Waals surface area (Å²) in [6.07, 6.45) is 2.18. The molecule has 1 amide bonds. The first-order chi connectivity index (χ1) is 10.7. The third-order valence-corrected chi connectivity index (χ3v) is 4.49. The number of nitrogens with zero attached hydrogens (tertiary/aromatic N) is 1. The van der Waals surface area contributed by atoms with E-state index >= 15 is 0 Å². The number of benzene rings is 1. The number of amides is 1. The lowest BCUT2D eigenvalue weighted by molar-refractivity contribution is -0.132. The lowest BCUT2D eigenvalue weighted by Gasteiger charge is -2.27. The largest absolute Gasteiger partial charge is 0.497 e. The van der Waals surface area contributed by atoms with Gasteiger partial charge in [0.15, 0.2) is 0 Å². The zero-order valence-corrected chi connectivity index (χ0v) is 14.1. The Morgan fingerprint density at radius 2 is 2.27 bits per heavy atom. The lowest BCUT2D eigenvalue weighted by atomic mass is 10.1. The fourth-order valence-corrected chi connectivity index (χ4v) is 3.36. The third kappa shape index (κ3) is 3.35. The molecule has 3 rings (SSSR count). The van der Waals surface area contributed by atoms with Crippen LogP contribution in [0.4, 0.5) is 0 Å². The fraction of sp³-hybridized carbons (Fsp3) is 0.353. The van der Waals surface area contributed by atoms with Crippen molar-refractivity contribution in [2.45, 2.75) is 25.8 Å². The van der Waals surface area contributed by atoms with Crippen molar-refractivity contribution in [3.05, 3.63) is 51.8 Å². The van der Waals surface area contributed by atoms with Gasteiger partial charge in [-0.2, -0.15) is 0 Å². The number of hydrogen-bond acceptors (Lipinski definition) is 2. The first kappa shape index (κ1) is 15.2. The van der Waals surface area contributed by atoms with E-state index in [-0.39, 0.29) is 5.91 Å². The van der Waals surface area contributed by atoms with E-state index < -0.39 is 0 Å². The number of ether oxygens (including phenoxy) is 1. The molecule has 0 bridgehead atoms. The summed E-state index contributed by atoms with van der Waals surface area (Å²) in [5.74, 6) is 1.05. The van der Waals surface area contributed by atoms with Gasteiger partial charge in [0.05, 0.1) is 11.7 Å². The van der Waals surface area contributed by atoms with Crippen LogP contribution in [0, 0.1) is 0 Å². The Morgan fingerprint density at radius 1 is 1.41 bits per heavy atom. The van der Waals surface area contributed by atoms with Gasteiger partial charge in [-0.1, -0.05) is 12.1 Å². The van der Waals surface area contributed by atoms with E-state index in [0.717, 1.165) is 35.3 Å². The van der Waals surface area contributed by atoms with Gasteiger partial charge in [0, 0.05) is 31.6 Å². The molecule has 22 heavy (non-hydrogen) atoms. The van der Waals surface area contributed by atoms with Crippen molar-refractivity contribution in [2.75, 3.05) is 13.7 Å². The van der Waals surface area contributed by atoms with Crippen molar-refractivity contribution in [1.82, 2.24) is 9.88 Å². The van der Waals surface area contributed by atoms with Crippen LogP contribution in [0.2, 0.25) is 0 Å². The van der Waals surface area contributed by atoms with Crippen LogP contribution in [0.5, 0.6) is 5.75 Å². The number of carbonyl (C=O) groups excluding carboxylic acids is 1. The summed E-state index contributed by atoms with van der Waals surface area (Å²) in [5.41, 5.74) is 3.59. The van der Waals surface area contributed by atoms with Crippen LogP contribution in [0.3, 0.4) is 0 Å². The highest BCUT2D eigenvalue weighted by Gasteiger charge is 2.21. The van der Waals surface area contributed by atoms with E-state index in [0.29, 0.717) is 13.0 Å². The summed E-state index contributed by atoms with van der Waals surface area (Å²) in [7, 11) is 1.66. The summed E-state index contributed by atoms with van der Waals surface area (Å²) < 4.78 is 6.21. The molecule has 4 nitrogen and oxygen atoms in total. The Balaban J connectivity index is 1.58. The number of H-pyrrole nitrogens is 1. The van der Waals surface area contributed by atoms with Crippen LogP contribution in [0.25, 0.3) is 0 Å². The van der Waals surface area contributed by atoms with E-state index in [1.807, 2.05) is 29.2 Å². The van der Waals surface area contributed by atoms with E-state index in [2.05, 4.69) is 27.0 Å². The number of rotatable bonds is 4. The van der Waals surface area contributed by atoms with Crippen LogP contribution >= 0.6 is 15.9 Å². The van der Waals surface area contributed by atoms with Gasteiger partial charge >= 0.3 is 0 Å². The van der Waals surface area contributed by atoms with Crippen LogP contribution in [0.1, 0.15) is 23.2 Å². The molecule has 0 fully saturated rings. The normalized spacial score (nSPS) is 13.8. The van der Waals surface area contributed by atoms with Gasteiger partial charge in [-0.05, 0) is 51.7 Å². The molecule has 5 heteroatoms. The van der Waals surface area contributed by atoms with Crippen molar-refractivity contribution in [3.8, 4) is 5.75 Å². The van der Waals surface area contributed by atoms with Gasteiger partial charge in [0.25, 0.3) is 0 Å². The van der Waals surface area contributed by atoms with E-state index in [1.54, 1.807) is 7.11 Å². The van der Waals surface area contributed by atoms with Crippen molar-refractivity contribution in [3.63, 3.8) is 0 Å². The second-order valence-corrected chi connectivity index (χ2v) is 6.39. The minimum atomic E-state index is 0.214. The highest BCUT2D eigenvalue weighted by molar-refractivity contribution is 9.10. The quantitative estimate of drug-likeness (QED) is 0.906. The van der Waals surface area contributed by atoms with E-state index in [9.17, 15) is 4.79 Å². The number of hydrogen-bond donors (Lipinski definition) is 1.